The molecule has 0 radical (unpaired) electrons. The van der Waals surface area contributed by atoms with Crippen LogP contribution >= 0.6 is 11.3 Å². The van der Waals surface area contributed by atoms with Crippen LogP contribution in [0, 0.1) is 12.8 Å². The molecule has 2 heterocycles. The lowest BCUT2D eigenvalue weighted by molar-refractivity contribution is -0.120. The van der Waals surface area contributed by atoms with Gasteiger partial charge in [0.1, 0.15) is 0 Å². The van der Waals surface area contributed by atoms with Crippen molar-refractivity contribution in [2.75, 3.05) is 37.5 Å². The molecule has 0 atom stereocenters. The van der Waals surface area contributed by atoms with Crippen LogP contribution in [0.5, 0.6) is 11.5 Å². The van der Waals surface area contributed by atoms with E-state index in [0.717, 1.165) is 10.6 Å². The minimum Gasteiger partial charge on any atom is -0.493 e. The maximum absolute atomic E-state index is 12.5. The summed E-state index contributed by atoms with van der Waals surface area (Å²) in [5, 5.41) is 3.94. The molecule has 0 aliphatic carbocycles. The fourth-order valence-electron chi connectivity index (χ4n) is 3.11. The third-order valence-corrected chi connectivity index (χ3v) is 5.79. The number of thiazole rings is 1. The first-order valence-corrected chi connectivity index (χ1v) is 9.54. The van der Waals surface area contributed by atoms with E-state index in [1.807, 2.05) is 12.1 Å². The van der Waals surface area contributed by atoms with Gasteiger partial charge in [-0.2, -0.15) is 0 Å². The second kappa shape index (κ2) is 7.08. The third kappa shape index (κ3) is 3.42. The van der Waals surface area contributed by atoms with Crippen LogP contribution in [-0.2, 0) is 4.79 Å². The van der Waals surface area contributed by atoms with Crippen LogP contribution in [0.3, 0.4) is 0 Å². The van der Waals surface area contributed by atoms with Gasteiger partial charge in [-0.15, -0.1) is 0 Å². The standard InChI is InChI=1S/C20H21N3O3S/c1-12-4-6-15-18(8-12)27-20(22-15)23-10-13(11-23)19(24)21-14-5-7-16(25-2)17(9-14)26-3/h4-9,13H,10-11H2,1-3H3,(H,21,24). The smallest absolute Gasteiger partial charge is 0.231 e. The number of benzene rings is 2. The summed E-state index contributed by atoms with van der Waals surface area (Å²) in [7, 11) is 3.16. The molecule has 0 spiro atoms. The molecule has 1 N–H and O–H groups in total. The Morgan fingerprint density at radius 1 is 1.15 bits per heavy atom. The Morgan fingerprint density at radius 3 is 2.67 bits per heavy atom. The first-order valence-electron chi connectivity index (χ1n) is 8.72. The molecule has 1 aliphatic heterocycles. The number of fused-ring (bicyclic) bond motifs is 1. The van der Waals surface area contributed by atoms with E-state index >= 15 is 0 Å². The first-order chi connectivity index (χ1) is 13.1. The minimum absolute atomic E-state index is 0.00965. The molecule has 3 aromatic rings. The molecule has 0 saturated carbocycles. The average Bonchev–Trinajstić information content (AvgIpc) is 3.02. The summed E-state index contributed by atoms with van der Waals surface area (Å²) in [6, 6.07) is 11.6. The van der Waals surface area contributed by atoms with Crippen molar-refractivity contribution in [3.63, 3.8) is 0 Å². The average molecular weight is 383 g/mol. The number of rotatable bonds is 5. The molecule has 1 aliphatic rings. The highest BCUT2D eigenvalue weighted by molar-refractivity contribution is 7.22. The largest absolute Gasteiger partial charge is 0.493 e. The zero-order valence-corrected chi connectivity index (χ0v) is 16.3. The number of anilines is 2. The Balaban J connectivity index is 1.39. The predicted octanol–water partition coefficient (Wildman–Crippen LogP) is 3.70. The van der Waals surface area contributed by atoms with Gasteiger partial charge in [-0.1, -0.05) is 17.4 Å². The second-order valence-corrected chi connectivity index (χ2v) is 7.64. The van der Waals surface area contributed by atoms with Crippen LogP contribution in [0.2, 0.25) is 0 Å². The number of hydrogen-bond acceptors (Lipinski definition) is 6. The highest BCUT2D eigenvalue weighted by Gasteiger charge is 2.34. The van der Waals surface area contributed by atoms with E-state index in [1.54, 1.807) is 37.7 Å². The number of ether oxygens (including phenoxy) is 2. The molecule has 140 valence electrons. The number of hydrogen-bond donors (Lipinski definition) is 1. The Morgan fingerprint density at radius 2 is 1.93 bits per heavy atom. The van der Waals surface area contributed by atoms with E-state index in [4.69, 9.17) is 9.47 Å². The number of carbonyl (C=O) groups excluding carboxylic acids is 1. The fourth-order valence-corrected chi connectivity index (χ4v) is 4.20. The van der Waals surface area contributed by atoms with Gasteiger partial charge >= 0.3 is 0 Å². The van der Waals surface area contributed by atoms with Crippen molar-refractivity contribution >= 4 is 38.3 Å². The number of nitrogens with zero attached hydrogens (tertiary/aromatic N) is 2. The van der Waals surface area contributed by atoms with E-state index in [1.165, 1.54) is 10.3 Å². The molecule has 1 fully saturated rings. The minimum atomic E-state index is -0.0492. The van der Waals surface area contributed by atoms with Gasteiger partial charge in [0.2, 0.25) is 5.91 Å². The van der Waals surface area contributed by atoms with Crippen molar-refractivity contribution in [1.82, 2.24) is 4.98 Å². The Bertz CT molecular complexity index is 995. The van der Waals surface area contributed by atoms with Gasteiger partial charge in [0, 0.05) is 24.8 Å². The summed E-state index contributed by atoms with van der Waals surface area (Å²) in [4.78, 5) is 19.3. The lowest BCUT2D eigenvalue weighted by Gasteiger charge is -2.37. The van der Waals surface area contributed by atoms with Crippen molar-refractivity contribution in [3.05, 3.63) is 42.0 Å². The van der Waals surface area contributed by atoms with E-state index in [-0.39, 0.29) is 11.8 Å². The normalized spacial score (nSPS) is 14.1. The van der Waals surface area contributed by atoms with Crippen molar-refractivity contribution in [2.24, 2.45) is 5.92 Å². The van der Waals surface area contributed by atoms with Crippen molar-refractivity contribution in [1.29, 1.82) is 0 Å². The summed E-state index contributed by atoms with van der Waals surface area (Å²) >= 11 is 1.67. The Hall–Kier alpha value is -2.80. The van der Waals surface area contributed by atoms with Crippen molar-refractivity contribution in [2.45, 2.75) is 6.92 Å². The summed E-state index contributed by atoms with van der Waals surface area (Å²) in [5.74, 6) is 1.19. The lowest BCUT2D eigenvalue weighted by atomic mass is 10.00. The maximum Gasteiger partial charge on any atom is 0.231 e. The van der Waals surface area contributed by atoms with Gasteiger partial charge in [0.05, 0.1) is 30.4 Å². The molecule has 0 unspecified atom stereocenters. The van der Waals surface area contributed by atoms with Crippen LogP contribution in [0.15, 0.2) is 36.4 Å². The number of aryl methyl sites for hydroxylation is 1. The monoisotopic (exact) mass is 383 g/mol. The molecule has 7 heteroatoms. The van der Waals surface area contributed by atoms with Crippen molar-refractivity contribution < 1.29 is 14.3 Å². The molecule has 1 amide bonds. The van der Waals surface area contributed by atoms with Crippen LogP contribution in [0.25, 0.3) is 10.2 Å². The van der Waals surface area contributed by atoms with E-state index in [0.29, 0.717) is 30.3 Å². The molecule has 4 rings (SSSR count). The van der Waals surface area contributed by atoms with Gasteiger partial charge < -0.3 is 19.7 Å². The Labute approximate surface area is 161 Å². The predicted molar refractivity (Wildman–Crippen MR) is 108 cm³/mol. The Kier molecular flexibility index (Phi) is 4.61. The topological polar surface area (TPSA) is 63.7 Å². The van der Waals surface area contributed by atoms with Gasteiger partial charge in [0.15, 0.2) is 16.6 Å². The van der Waals surface area contributed by atoms with Crippen molar-refractivity contribution in [3.8, 4) is 11.5 Å². The number of carbonyl (C=O) groups is 1. The SMILES string of the molecule is COc1ccc(NC(=O)C2CN(c3nc4ccc(C)cc4s3)C2)cc1OC. The zero-order valence-electron chi connectivity index (χ0n) is 15.5. The van der Waals surface area contributed by atoms with Gasteiger partial charge in [0.25, 0.3) is 0 Å². The zero-order chi connectivity index (χ0) is 19.0. The molecule has 1 aromatic heterocycles. The van der Waals surface area contributed by atoms with Crippen LogP contribution in [-0.4, -0.2) is 38.2 Å². The highest BCUT2D eigenvalue weighted by Crippen LogP contribution is 2.34. The molecule has 1 saturated heterocycles. The van der Waals surface area contributed by atoms with Gasteiger partial charge in [-0.05, 0) is 36.8 Å². The van der Waals surface area contributed by atoms with Crippen LogP contribution < -0.4 is 19.7 Å². The summed E-state index contributed by atoms with van der Waals surface area (Å²) in [6.45, 7) is 3.44. The summed E-state index contributed by atoms with van der Waals surface area (Å²) in [5.41, 5.74) is 2.94. The summed E-state index contributed by atoms with van der Waals surface area (Å²) in [6.07, 6.45) is 0. The number of nitrogens with one attached hydrogen (secondary N) is 1. The van der Waals surface area contributed by atoms with Crippen LogP contribution in [0.1, 0.15) is 5.56 Å². The van der Waals surface area contributed by atoms with E-state index < -0.39 is 0 Å². The molecular formula is C20H21N3O3S. The number of amides is 1. The van der Waals surface area contributed by atoms with E-state index in [9.17, 15) is 4.79 Å². The molecular weight excluding hydrogens is 362 g/mol. The van der Waals surface area contributed by atoms with E-state index in [2.05, 4.69) is 34.3 Å². The molecule has 2 aromatic carbocycles. The number of aromatic nitrogens is 1. The first kappa shape index (κ1) is 17.6. The number of methoxy groups -OCH3 is 2. The van der Waals surface area contributed by atoms with Crippen LogP contribution in [0.4, 0.5) is 10.8 Å². The molecule has 27 heavy (non-hydrogen) atoms. The lowest BCUT2D eigenvalue weighted by Crippen LogP contribution is -2.52. The quantitative estimate of drug-likeness (QED) is 0.728. The van der Waals surface area contributed by atoms with Gasteiger partial charge in [-0.3, -0.25) is 4.79 Å². The second-order valence-electron chi connectivity index (χ2n) is 6.63. The maximum atomic E-state index is 12.5. The highest BCUT2D eigenvalue weighted by atomic mass is 32.1. The molecule has 0 bridgehead atoms. The fraction of sp³-hybridized carbons (Fsp3) is 0.300. The molecule has 6 nitrogen and oxygen atoms in total. The summed E-state index contributed by atoms with van der Waals surface area (Å²) < 4.78 is 11.7. The van der Waals surface area contributed by atoms with Gasteiger partial charge in [-0.25, -0.2) is 4.98 Å². The third-order valence-electron chi connectivity index (χ3n) is 4.71.